The molecule has 0 aliphatic carbocycles. The van der Waals surface area contributed by atoms with Crippen molar-refractivity contribution in [1.29, 1.82) is 0 Å². The van der Waals surface area contributed by atoms with Gasteiger partial charge in [0.15, 0.2) is 5.13 Å². The summed E-state index contributed by atoms with van der Waals surface area (Å²) in [5, 5.41) is 0.752. The zero-order valence-electron chi connectivity index (χ0n) is 15.0. The molecule has 0 aliphatic rings. The van der Waals surface area contributed by atoms with Gasteiger partial charge in [0.1, 0.15) is 0 Å². The van der Waals surface area contributed by atoms with E-state index in [9.17, 15) is 4.79 Å². The number of nitrogens with zero attached hydrogens (tertiary/aromatic N) is 3. The Labute approximate surface area is 168 Å². The highest BCUT2D eigenvalue weighted by Crippen LogP contribution is 2.29. The number of rotatable bonds is 6. The lowest BCUT2D eigenvalue weighted by Gasteiger charge is -2.22. The average Bonchev–Trinajstić information content (AvgIpc) is 3.05. The van der Waals surface area contributed by atoms with Crippen molar-refractivity contribution in [3.63, 3.8) is 0 Å². The third-order valence-corrected chi connectivity index (χ3v) is 5.67. The molecule has 0 spiro atoms. The van der Waals surface area contributed by atoms with E-state index >= 15 is 0 Å². The lowest BCUT2D eigenvalue weighted by atomic mass is 10.2. The van der Waals surface area contributed by atoms with E-state index in [0.29, 0.717) is 12.1 Å². The Hall–Kier alpha value is -1.60. The summed E-state index contributed by atoms with van der Waals surface area (Å²) in [6.07, 6.45) is 2.03. The number of amides is 1. The molecule has 0 N–H and O–H groups in total. The standard InChI is InChI=1S/C19H21N3OS2.ClH/c1-21(2)12-13-22(18(23)14-8-10-15(24-3)11-9-14)19-20-16-6-4-5-7-17(16)25-19;/h4-11H,12-13H2,1-3H3;1H. The van der Waals surface area contributed by atoms with E-state index < -0.39 is 0 Å². The monoisotopic (exact) mass is 407 g/mol. The van der Waals surface area contributed by atoms with Crippen LogP contribution in [-0.2, 0) is 0 Å². The van der Waals surface area contributed by atoms with Crippen molar-refractivity contribution in [2.75, 3.05) is 38.3 Å². The third kappa shape index (κ3) is 4.76. The fraction of sp³-hybridized carbons (Fsp3) is 0.263. The molecule has 7 heteroatoms. The number of aromatic nitrogens is 1. The quantitative estimate of drug-likeness (QED) is 0.557. The largest absolute Gasteiger partial charge is 0.308 e. The molecule has 0 saturated heterocycles. The molecule has 3 rings (SSSR count). The maximum absolute atomic E-state index is 13.1. The van der Waals surface area contributed by atoms with Crippen LogP contribution in [0.4, 0.5) is 5.13 Å². The molecule has 0 unspecified atom stereocenters. The van der Waals surface area contributed by atoms with E-state index in [1.807, 2.05) is 68.9 Å². The number of carbonyl (C=O) groups excluding carboxylic acids is 1. The highest BCUT2D eigenvalue weighted by Gasteiger charge is 2.21. The molecule has 0 radical (unpaired) electrons. The molecule has 4 nitrogen and oxygen atoms in total. The third-order valence-electron chi connectivity index (χ3n) is 3.87. The fourth-order valence-corrected chi connectivity index (χ4v) is 3.85. The van der Waals surface area contributed by atoms with Crippen LogP contribution in [0.3, 0.4) is 0 Å². The molecule has 138 valence electrons. The Morgan fingerprint density at radius 1 is 1.08 bits per heavy atom. The molecule has 0 saturated carbocycles. The van der Waals surface area contributed by atoms with Crippen LogP contribution in [0.2, 0.25) is 0 Å². The van der Waals surface area contributed by atoms with Crippen molar-refractivity contribution >= 4 is 56.8 Å². The van der Waals surface area contributed by atoms with E-state index in [1.54, 1.807) is 28.0 Å². The van der Waals surface area contributed by atoms with Gasteiger partial charge in [-0.15, -0.1) is 24.2 Å². The number of fused-ring (bicyclic) bond motifs is 1. The molecule has 1 amide bonds. The van der Waals surface area contributed by atoms with Gasteiger partial charge < -0.3 is 4.90 Å². The summed E-state index contributed by atoms with van der Waals surface area (Å²) in [5.41, 5.74) is 1.62. The van der Waals surface area contributed by atoms with Crippen molar-refractivity contribution in [3.8, 4) is 0 Å². The van der Waals surface area contributed by atoms with Crippen LogP contribution in [0, 0.1) is 0 Å². The lowest BCUT2D eigenvalue weighted by molar-refractivity contribution is 0.0985. The summed E-state index contributed by atoms with van der Waals surface area (Å²) >= 11 is 3.23. The van der Waals surface area contributed by atoms with Crippen LogP contribution in [0.1, 0.15) is 10.4 Å². The van der Waals surface area contributed by atoms with Crippen LogP contribution in [-0.4, -0.2) is 49.2 Å². The first-order chi connectivity index (χ1) is 12.1. The van der Waals surface area contributed by atoms with E-state index in [1.165, 1.54) is 0 Å². The number of thiazole rings is 1. The van der Waals surface area contributed by atoms with Gasteiger partial charge >= 0.3 is 0 Å². The van der Waals surface area contributed by atoms with Crippen molar-refractivity contribution in [3.05, 3.63) is 54.1 Å². The van der Waals surface area contributed by atoms with Gasteiger partial charge in [-0.05, 0) is 56.7 Å². The molecule has 1 aromatic heterocycles. The van der Waals surface area contributed by atoms with Gasteiger partial charge in [-0.1, -0.05) is 23.5 Å². The molecule has 0 atom stereocenters. The molecule has 0 aliphatic heterocycles. The van der Waals surface area contributed by atoms with Crippen molar-refractivity contribution in [1.82, 2.24) is 9.88 Å². The summed E-state index contributed by atoms with van der Waals surface area (Å²) in [6.45, 7) is 1.39. The topological polar surface area (TPSA) is 36.4 Å². The van der Waals surface area contributed by atoms with E-state index in [2.05, 4.69) is 9.88 Å². The Balaban J connectivity index is 0.00000243. The van der Waals surface area contributed by atoms with Gasteiger partial charge in [0.2, 0.25) is 0 Å². The number of likely N-dealkylation sites (N-methyl/N-ethyl adjacent to an activating group) is 1. The Morgan fingerprint density at radius 3 is 2.38 bits per heavy atom. The second-order valence-corrected chi connectivity index (χ2v) is 7.84. The van der Waals surface area contributed by atoms with Gasteiger partial charge in [-0.2, -0.15) is 0 Å². The predicted molar refractivity (Wildman–Crippen MR) is 115 cm³/mol. The normalized spacial score (nSPS) is 10.8. The molecule has 1 heterocycles. The summed E-state index contributed by atoms with van der Waals surface area (Å²) < 4.78 is 1.10. The van der Waals surface area contributed by atoms with Crippen LogP contribution < -0.4 is 4.90 Å². The second-order valence-electron chi connectivity index (χ2n) is 5.95. The number of benzene rings is 2. The van der Waals surface area contributed by atoms with E-state index in [0.717, 1.165) is 26.8 Å². The van der Waals surface area contributed by atoms with Gasteiger partial charge in [-0.25, -0.2) is 4.98 Å². The van der Waals surface area contributed by atoms with Crippen LogP contribution >= 0.6 is 35.5 Å². The van der Waals surface area contributed by atoms with Crippen molar-refractivity contribution in [2.24, 2.45) is 0 Å². The zero-order valence-corrected chi connectivity index (χ0v) is 17.5. The number of halogens is 1. The first-order valence-electron chi connectivity index (χ1n) is 8.04. The first kappa shape index (κ1) is 20.7. The lowest BCUT2D eigenvalue weighted by Crippen LogP contribution is -2.36. The average molecular weight is 408 g/mol. The minimum absolute atomic E-state index is 0. The highest BCUT2D eigenvalue weighted by atomic mass is 35.5. The molecule has 0 bridgehead atoms. The maximum Gasteiger partial charge on any atom is 0.260 e. The van der Waals surface area contributed by atoms with Crippen LogP contribution in [0.25, 0.3) is 10.2 Å². The molecule has 3 aromatic rings. The summed E-state index contributed by atoms with van der Waals surface area (Å²) in [4.78, 5) is 22.8. The predicted octanol–water partition coefficient (Wildman–Crippen LogP) is 4.65. The van der Waals surface area contributed by atoms with Crippen molar-refractivity contribution < 1.29 is 4.79 Å². The number of hydrogen-bond donors (Lipinski definition) is 0. The number of hydrogen-bond acceptors (Lipinski definition) is 5. The molecular formula is C19H22ClN3OS2. The molecule has 2 aromatic carbocycles. The highest BCUT2D eigenvalue weighted by molar-refractivity contribution is 7.98. The number of anilines is 1. The minimum Gasteiger partial charge on any atom is -0.308 e. The van der Waals surface area contributed by atoms with Crippen molar-refractivity contribution in [2.45, 2.75) is 4.90 Å². The van der Waals surface area contributed by atoms with E-state index in [4.69, 9.17) is 0 Å². The Bertz CT molecular complexity index is 832. The molecular weight excluding hydrogens is 386 g/mol. The second kappa shape index (κ2) is 9.37. The number of para-hydroxylation sites is 1. The number of thioether (sulfide) groups is 1. The molecule has 0 fully saturated rings. The fourth-order valence-electron chi connectivity index (χ4n) is 2.45. The summed E-state index contributed by atoms with van der Waals surface area (Å²) in [6, 6.07) is 15.8. The van der Waals surface area contributed by atoms with E-state index in [-0.39, 0.29) is 18.3 Å². The zero-order chi connectivity index (χ0) is 17.8. The Morgan fingerprint density at radius 2 is 1.77 bits per heavy atom. The van der Waals surface area contributed by atoms with Gasteiger partial charge in [0.25, 0.3) is 5.91 Å². The SMILES string of the molecule is CSc1ccc(C(=O)N(CCN(C)C)c2nc3ccccc3s2)cc1.Cl. The minimum atomic E-state index is -0.00596. The van der Waals surface area contributed by atoms with Gasteiger partial charge in [-0.3, -0.25) is 9.69 Å². The summed E-state index contributed by atoms with van der Waals surface area (Å²) in [5.74, 6) is -0.00596. The van der Waals surface area contributed by atoms with Gasteiger partial charge in [0, 0.05) is 23.5 Å². The molecule has 26 heavy (non-hydrogen) atoms. The summed E-state index contributed by atoms with van der Waals surface area (Å²) in [7, 11) is 4.02. The first-order valence-corrected chi connectivity index (χ1v) is 10.1. The maximum atomic E-state index is 13.1. The number of carbonyl (C=O) groups is 1. The van der Waals surface area contributed by atoms with Gasteiger partial charge in [0.05, 0.1) is 10.2 Å². The Kier molecular flexibility index (Phi) is 7.46. The van der Waals surface area contributed by atoms with Crippen LogP contribution in [0.5, 0.6) is 0 Å². The van der Waals surface area contributed by atoms with Crippen LogP contribution in [0.15, 0.2) is 53.4 Å². The smallest absolute Gasteiger partial charge is 0.260 e.